The fourth-order valence-corrected chi connectivity index (χ4v) is 1.75. The summed E-state index contributed by atoms with van der Waals surface area (Å²) in [5.74, 6) is 0.812. The largest absolute Gasteiger partial charge is 0.468 e. The summed E-state index contributed by atoms with van der Waals surface area (Å²) in [6.07, 6.45) is 0.826. The van der Waals surface area contributed by atoms with E-state index in [-0.39, 0.29) is 12.8 Å². The standard InChI is InChI=1S/C12H18BrNO2/c1-3-15-8-16-11-4-5-12(13)10(7-11)6-9(2)14/h4-5,7,9H,3,6,8,14H2,1-2H3. The van der Waals surface area contributed by atoms with Gasteiger partial charge in [0.25, 0.3) is 0 Å². The Labute approximate surface area is 105 Å². The molecule has 0 aliphatic heterocycles. The van der Waals surface area contributed by atoms with Gasteiger partial charge in [0.05, 0.1) is 0 Å². The number of benzene rings is 1. The second kappa shape index (κ2) is 6.89. The van der Waals surface area contributed by atoms with Gasteiger partial charge in [-0.15, -0.1) is 0 Å². The maximum absolute atomic E-state index is 5.78. The zero-order valence-electron chi connectivity index (χ0n) is 9.70. The van der Waals surface area contributed by atoms with Crippen LogP contribution in [0.25, 0.3) is 0 Å². The number of rotatable bonds is 6. The Kier molecular flexibility index (Phi) is 5.80. The third-order valence-corrected chi connectivity index (χ3v) is 2.85. The molecule has 0 amide bonds. The third kappa shape index (κ3) is 4.51. The van der Waals surface area contributed by atoms with Gasteiger partial charge in [-0.05, 0) is 44.0 Å². The highest BCUT2D eigenvalue weighted by Crippen LogP contribution is 2.23. The predicted octanol–water partition coefficient (Wildman–Crippen LogP) is 2.71. The summed E-state index contributed by atoms with van der Waals surface area (Å²) in [6.45, 7) is 4.87. The van der Waals surface area contributed by atoms with Crippen molar-refractivity contribution >= 4 is 15.9 Å². The average molecular weight is 288 g/mol. The Bertz CT molecular complexity index is 329. The van der Waals surface area contributed by atoms with Crippen LogP contribution in [0.1, 0.15) is 19.4 Å². The van der Waals surface area contributed by atoms with Crippen LogP contribution in [0.4, 0.5) is 0 Å². The SMILES string of the molecule is CCOCOc1ccc(Br)c(CC(C)N)c1. The van der Waals surface area contributed by atoms with E-state index in [0.717, 1.165) is 22.2 Å². The molecule has 0 saturated carbocycles. The highest BCUT2D eigenvalue weighted by Gasteiger charge is 2.05. The second-order valence-electron chi connectivity index (χ2n) is 3.69. The molecule has 3 nitrogen and oxygen atoms in total. The Morgan fingerprint density at radius 1 is 1.44 bits per heavy atom. The van der Waals surface area contributed by atoms with Crippen molar-refractivity contribution in [3.05, 3.63) is 28.2 Å². The molecule has 4 heteroatoms. The first kappa shape index (κ1) is 13.5. The fourth-order valence-electron chi connectivity index (χ4n) is 1.34. The molecule has 16 heavy (non-hydrogen) atoms. The highest BCUT2D eigenvalue weighted by atomic mass is 79.9. The summed E-state index contributed by atoms with van der Waals surface area (Å²) < 4.78 is 11.6. The van der Waals surface area contributed by atoms with Crippen LogP contribution in [-0.4, -0.2) is 19.4 Å². The molecule has 0 saturated heterocycles. The van der Waals surface area contributed by atoms with Gasteiger partial charge in [-0.3, -0.25) is 0 Å². The average Bonchev–Trinajstić information content (AvgIpc) is 2.22. The maximum Gasteiger partial charge on any atom is 0.189 e. The van der Waals surface area contributed by atoms with Crippen LogP contribution in [0.3, 0.4) is 0 Å². The van der Waals surface area contributed by atoms with Gasteiger partial charge in [-0.2, -0.15) is 0 Å². The van der Waals surface area contributed by atoms with Gasteiger partial charge in [0.15, 0.2) is 6.79 Å². The van der Waals surface area contributed by atoms with Crippen LogP contribution in [0.2, 0.25) is 0 Å². The molecule has 1 aromatic rings. The minimum absolute atomic E-state index is 0.137. The van der Waals surface area contributed by atoms with Crippen molar-refractivity contribution in [1.82, 2.24) is 0 Å². The van der Waals surface area contributed by atoms with Crippen molar-refractivity contribution in [2.75, 3.05) is 13.4 Å². The van der Waals surface area contributed by atoms with E-state index in [1.807, 2.05) is 32.0 Å². The van der Waals surface area contributed by atoms with Gasteiger partial charge >= 0.3 is 0 Å². The van der Waals surface area contributed by atoms with Gasteiger partial charge in [0.1, 0.15) is 5.75 Å². The van der Waals surface area contributed by atoms with Gasteiger partial charge in [-0.25, -0.2) is 0 Å². The molecule has 0 radical (unpaired) electrons. The summed E-state index contributed by atoms with van der Waals surface area (Å²) in [7, 11) is 0. The van der Waals surface area contributed by atoms with Crippen molar-refractivity contribution < 1.29 is 9.47 Å². The van der Waals surface area contributed by atoms with Crippen molar-refractivity contribution in [3.63, 3.8) is 0 Å². The van der Waals surface area contributed by atoms with E-state index in [1.165, 1.54) is 0 Å². The summed E-state index contributed by atoms with van der Waals surface area (Å²) in [5, 5.41) is 0. The summed E-state index contributed by atoms with van der Waals surface area (Å²) >= 11 is 3.50. The molecule has 1 aromatic carbocycles. The molecule has 0 bridgehead atoms. The van der Waals surface area contributed by atoms with Crippen LogP contribution < -0.4 is 10.5 Å². The van der Waals surface area contributed by atoms with E-state index in [1.54, 1.807) is 0 Å². The molecular weight excluding hydrogens is 270 g/mol. The molecule has 1 unspecified atom stereocenters. The first-order valence-electron chi connectivity index (χ1n) is 5.38. The van der Waals surface area contributed by atoms with E-state index >= 15 is 0 Å². The molecule has 90 valence electrons. The van der Waals surface area contributed by atoms with E-state index in [9.17, 15) is 0 Å². The van der Waals surface area contributed by atoms with E-state index in [2.05, 4.69) is 15.9 Å². The fraction of sp³-hybridized carbons (Fsp3) is 0.500. The van der Waals surface area contributed by atoms with E-state index in [0.29, 0.717) is 6.61 Å². The molecule has 1 atom stereocenters. The number of hydrogen-bond donors (Lipinski definition) is 1. The monoisotopic (exact) mass is 287 g/mol. The van der Waals surface area contributed by atoms with Crippen LogP contribution in [0.15, 0.2) is 22.7 Å². The minimum atomic E-state index is 0.137. The Hall–Kier alpha value is -0.580. The van der Waals surface area contributed by atoms with Crippen molar-refractivity contribution in [2.24, 2.45) is 5.73 Å². The van der Waals surface area contributed by atoms with Crippen molar-refractivity contribution in [1.29, 1.82) is 0 Å². The van der Waals surface area contributed by atoms with Gasteiger partial charge in [0, 0.05) is 17.1 Å². The lowest BCUT2D eigenvalue weighted by atomic mass is 10.1. The number of halogens is 1. The first-order chi connectivity index (χ1) is 7.63. The zero-order chi connectivity index (χ0) is 12.0. The molecule has 0 aromatic heterocycles. The lowest BCUT2D eigenvalue weighted by molar-refractivity contribution is 0.0223. The summed E-state index contributed by atoms with van der Waals surface area (Å²) in [5.41, 5.74) is 6.94. The molecule has 2 N–H and O–H groups in total. The lowest BCUT2D eigenvalue weighted by Gasteiger charge is -2.11. The molecule has 0 spiro atoms. The predicted molar refractivity (Wildman–Crippen MR) is 68.6 cm³/mol. The third-order valence-electron chi connectivity index (χ3n) is 2.07. The molecule has 0 fully saturated rings. The lowest BCUT2D eigenvalue weighted by Crippen LogP contribution is -2.18. The Balaban J connectivity index is 2.65. The van der Waals surface area contributed by atoms with Crippen LogP contribution in [0, 0.1) is 0 Å². The normalized spacial score (nSPS) is 12.5. The highest BCUT2D eigenvalue weighted by molar-refractivity contribution is 9.10. The van der Waals surface area contributed by atoms with E-state index < -0.39 is 0 Å². The minimum Gasteiger partial charge on any atom is -0.468 e. The topological polar surface area (TPSA) is 44.5 Å². The van der Waals surface area contributed by atoms with Gasteiger partial charge < -0.3 is 15.2 Å². The van der Waals surface area contributed by atoms with Gasteiger partial charge in [-0.1, -0.05) is 15.9 Å². The molecule has 1 rings (SSSR count). The van der Waals surface area contributed by atoms with Crippen LogP contribution in [0.5, 0.6) is 5.75 Å². The first-order valence-corrected chi connectivity index (χ1v) is 6.17. The molecular formula is C12H18BrNO2. The second-order valence-corrected chi connectivity index (χ2v) is 4.54. The van der Waals surface area contributed by atoms with Crippen molar-refractivity contribution in [3.8, 4) is 5.75 Å². The number of ether oxygens (including phenoxy) is 2. The molecule has 0 heterocycles. The quantitative estimate of drug-likeness (QED) is 0.646. The Morgan fingerprint density at radius 2 is 2.19 bits per heavy atom. The zero-order valence-corrected chi connectivity index (χ0v) is 11.3. The van der Waals surface area contributed by atoms with Crippen LogP contribution in [-0.2, 0) is 11.2 Å². The Morgan fingerprint density at radius 3 is 2.81 bits per heavy atom. The maximum atomic E-state index is 5.78. The molecule has 0 aliphatic carbocycles. The van der Waals surface area contributed by atoms with Crippen LogP contribution >= 0.6 is 15.9 Å². The van der Waals surface area contributed by atoms with Crippen molar-refractivity contribution in [2.45, 2.75) is 26.3 Å². The summed E-state index contributed by atoms with van der Waals surface area (Å²) in [4.78, 5) is 0. The molecule has 0 aliphatic rings. The number of nitrogens with two attached hydrogens (primary N) is 1. The summed E-state index contributed by atoms with van der Waals surface area (Å²) in [6, 6.07) is 6.01. The smallest absolute Gasteiger partial charge is 0.189 e. The van der Waals surface area contributed by atoms with Gasteiger partial charge in [0.2, 0.25) is 0 Å². The van der Waals surface area contributed by atoms with E-state index in [4.69, 9.17) is 15.2 Å². The number of hydrogen-bond acceptors (Lipinski definition) is 3.